The number of benzene rings is 1. The number of hydrogen-bond acceptors (Lipinski definition) is 5. The van der Waals surface area contributed by atoms with Gasteiger partial charge in [-0.15, -0.1) is 11.3 Å². The molecule has 1 unspecified atom stereocenters. The van der Waals surface area contributed by atoms with Gasteiger partial charge < -0.3 is 9.64 Å². The minimum Gasteiger partial charge on any atom is -0.376 e. The first-order valence-electron chi connectivity index (χ1n) is 8.20. The lowest BCUT2D eigenvalue weighted by Crippen LogP contribution is -2.41. The molecule has 0 radical (unpaired) electrons. The minimum atomic E-state index is 0.338. The van der Waals surface area contributed by atoms with Crippen molar-refractivity contribution in [2.24, 2.45) is 0 Å². The van der Waals surface area contributed by atoms with Gasteiger partial charge in [-0.05, 0) is 18.4 Å². The second kappa shape index (κ2) is 7.90. The molecule has 3 rings (SSSR count). The third-order valence-corrected chi connectivity index (χ3v) is 5.27. The summed E-state index contributed by atoms with van der Waals surface area (Å²) in [6.45, 7) is 3.84. The Labute approximate surface area is 142 Å². The maximum atomic E-state index is 5.95. The fourth-order valence-electron chi connectivity index (χ4n) is 2.87. The number of hydrogen-bond donors (Lipinski definition) is 0. The van der Waals surface area contributed by atoms with Gasteiger partial charge in [-0.25, -0.2) is 4.98 Å². The van der Waals surface area contributed by atoms with Crippen molar-refractivity contribution in [2.45, 2.75) is 25.5 Å². The summed E-state index contributed by atoms with van der Waals surface area (Å²) in [6, 6.07) is 10.7. The zero-order valence-corrected chi connectivity index (χ0v) is 14.8. The van der Waals surface area contributed by atoms with E-state index in [0.717, 1.165) is 44.2 Å². The predicted molar refractivity (Wildman–Crippen MR) is 96.2 cm³/mol. The topological polar surface area (TPSA) is 28.6 Å². The number of ether oxygens (including phenoxy) is 1. The third kappa shape index (κ3) is 4.77. The molecule has 0 amide bonds. The Morgan fingerprint density at radius 1 is 1.30 bits per heavy atom. The van der Waals surface area contributed by atoms with Crippen LogP contribution in [0.1, 0.15) is 16.9 Å². The first-order valence-corrected chi connectivity index (χ1v) is 9.02. The Kier molecular flexibility index (Phi) is 5.65. The number of aromatic nitrogens is 1. The highest BCUT2D eigenvalue weighted by atomic mass is 32.1. The van der Waals surface area contributed by atoms with Crippen LogP contribution in [-0.2, 0) is 17.7 Å². The standard InChI is InChI=1S/C18H25N3OS/c1-20(2)18-19-12-17(23-18)14-21-10-11-22-16(13-21)9-8-15-6-4-3-5-7-15/h3-7,12,16H,8-11,13-14H2,1-2H3. The monoisotopic (exact) mass is 331 g/mol. The molecule has 1 aromatic carbocycles. The summed E-state index contributed by atoms with van der Waals surface area (Å²) >= 11 is 1.78. The predicted octanol–water partition coefficient (Wildman–Crippen LogP) is 3.04. The zero-order valence-electron chi connectivity index (χ0n) is 13.9. The van der Waals surface area contributed by atoms with Crippen molar-refractivity contribution >= 4 is 16.5 Å². The third-order valence-electron chi connectivity index (χ3n) is 4.12. The summed E-state index contributed by atoms with van der Waals surface area (Å²) in [4.78, 5) is 10.4. The summed E-state index contributed by atoms with van der Waals surface area (Å²) in [5, 5.41) is 1.08. The molecule has 23 heavy (non-hydrogen) atoms. The lowest BCUT2D eigenvalue weighted by molar-refractivity contribution is -0.0342. The minimum absolute atomic E-state index is 0.338. The fraction of sp³-hybridized carbons (Fsp3) is 0.500. The quantitative estimate of drug-likeness (QED) is 0.813. The fourth-order valence-corrected chi connectivity index (χ4v) is 3.74. The summed E-state index contributed by atoms with van der Waals surface area (Å²) < 4.78 is 5.95. The molecule has 2 heterocycles. The first kappa shape index (κ1) is 16.4. The number of rotatable bonds is 6. The molecule has 1 aromatic heterocycles. The number of aryl methyl sites for hydroxylation is 1. The Morgan fingerprint density at radius 2 is 2.13 bits per heavy atom. The van der Waals surface area contributed by atoms with Crippen LogP contribution in [0.3, 0.4) is 0 Å². The number of morpholine rings is 1. The largest absolute Gasteiger partial charge is 0.376 e. The van der Waals surface area contributed by atoms with Crippen LogP contribution in [0.15, 0.2) is 36.5 Å². The van der Waals surface area contributed by atoms with Crippen molar-refractivity contribution in [1.82, 2.24) is 9.88 Å². The molecule has 1 aliphatic rings. The average molecular weight is 331 g/mol. The van der Waals surface area contributed by atoms with Crippen molar-refractivity contribution in [2.75, 3.05) is 38.7 Å². The average Bonchev–Trinajstić information content (AvgIpc) is 3.03. The van der Waals surface area contributed by atoms with Crippen molar-refractivity contribution in [1.29, 1.82) is 0 Å². The van der Waals surface area contributed by atoms with E-state index in [1.807, 2.05) is 20.3 Å². The molecule has 0 saturated carbocycles. The van der Waals surface area contributed by atoms with Gasteiger partial charge in [0.25, 0.3) is 0 Å². The molecule has 124 valence electrons. The maximum absolute atomic E-state index is 5.95. The molecule has 1 atom stereocenters. The zero-order chi connectivity index (χ0) is 16.1. The van der Waals surface area contributed by atoms with Gasteiger partial charge in [0.05, 0.1) is 12.7 Å². The molecule has 5 heteroatoms. The van der Waals surface area contributed by atoms with Gasteiger partial charge in [0.1, 0.15) is 0 Å². The second-order valence-electron chi connectivity index (χ2n) is 6.26. The van der Waals surface area contributed by atoms with Crippen LogP contribution in [0.25, 0.3) is 0 Å². The Bertz CT molecular complexity index is 599. The lowest BCUT2D eigenvalue weighted by Gasteiger charge is -2.32. The van der Waals surface area contributed by atoms with Gasteiger partial charge in [-0.1, -0.05) is 30.3 Å². The molecule has 0 N–H and O–H groups in total. The number of anilines is 1. The number of thiazole rings is 1. The molecule has 0 bridgehead atoms. The molecule has 4 nitrogen and oxygen atoms in total. The summed E-state index contributed by atoms with van der Waals surface area (Å²) in [5.74, 6) is 0. The van der Waals surface area contributed by atoms with Crippen molar-refractivity contribution < 1.29 is 4.74 Å². The van der Waals surface area contributed by atoms with Crippen LogP contribution < -0.4 is 4.90 Å². The van der Waals surface area contributed by atoms with E-state index in [2.05, 4.69) is 45.1 Å². The van der Waals surface area contributed by atoms with E-state index >= 15 is 0 Å². The smallest absolute Gasteiger partial charge is 0.185 e. The van der Waals surface area contributed by atoms with Crippen LogP contribution in [0.2, 0.25) is 0 Å². The summed E-state index contributed by atoms with van der Waals surface area (Å²) in [6.07, 6.45) is 4.52. The van der Waals surface area contributed by atoms with Gasteiger partial charge in [0.15, 0.2) is 5.13 Å². The second-order valence-corrected chi connectivity index (χ2v) is 7.35. The van der Waals surface area contributed by atoms with Crippen molar-refractivity contribution in [3.05, 3.63) is 47.0 Å². The SMILES string of the molecule is CN(C)c1ncc(CN2CCOC(CCc3ccccc3)C2)s1. The van der Waals surface area contributed by atoms with E-state index in [4.69, 9.17) is 4.74 Å². The lowest BCUT2D eigenvalue weighted by atomic mass is 10.1. The molecule has 2 aromatic rings. The number of nitrogens with zero attached hydrogens (tertiary/aromatic N) is 3. The van der Waals surface area contributed by atoms with Crippen LogP contribution in [0, 0.1) is 0 Å². The molecular formula is C18H25N3OS. The van der Waals surface area contributed by atoms with E-state index in [1.165, 1.54) is 10.4 Å². The first-order chi connectivity index (χ1) is 11.2. The van der Waals surface area contributed by atoms with Crippen LogP contribution >= 0.6 is 11.3 Å². The Hall–Kier alpha value is -1.43. The highest BCUT2D eigenvalue weighted by Gasteiger charge is 2.21. The van der Waals surface area contributed by atoms with E-state index < -0.39 is 0 Å². The summed E-state index contributed by atoms with van der Waals surface area (Å²) in [5.41, 5.74) is 1.39. The summed E-state index contributed by atoms with van der Waals surface area (Å²) in [7, 11) is 4.08. The van der Waals surface area contributed by atoms with Gasteiger partial charge in [-0.3, -0.25) is 4.90 Å². The van der Waals surface area contributed by atoms with Crippen LogP contribution in [0.5, 0.6) is 0 Å². The van der Waals surface area contributed by atoms with E-state index in [0.29, 0.717) is 6.10 Å². The van der Waals surface area contributed by atoms with Crippen LogP contribution in [0.4, 0.5) is 5.13 Å². The Morgan fingerprint density at radius 3 is 2.87 bits per heavy atom. The molecule has 1 fully saturated rings. The van der Waals surface area contributed by atoms with Crippen LogP contribution in [-0.4, -0.2) is 49.8 Å². The maximum Gasteiger partial charge on any atom is 0.185 e. The van der Waals surface area contributed by atoms with E-state index in [9.17, 15) is 0 Å². The molecule has 0 spiro atoms. The van der Waals surface area contributed by atoms with Gasteiger partial charge in [0, 0.05) is 44.8 Å². The normalized spacial score (nSPS) is 19.0. The Balaban J connectivity index is 1.49. The van der Waals surface area contributed by atoms with E-state index in [1.54, 1.807) is 11.3 Å². The van der Waals surface area contributed by atoms with E-state index in [-0.39, 0.29) is 0 Å². The molecule has 1 aliphatic heterocycles. The van der Waals surface area contributed by atoms with Gasteiger partial charge in [0.2, 0.25) is 0 Å². The molecular weight excluding hydrogens is 306 g/mol. The molecule has 0 aliphatic carbocycles. The van der Waals surface area contributed by atoms with Crippen molar-refractivity contribution in [3.63, 3.8) is 0 Å². The van der Waals surface area contributed by atoms with Gasteiger partial charge in [-0.2, -0.15) is 0 Å². The highest BCUT2D eigenvalue weighted by molar-refractivity contribution is 7.15. The van der Waals surface area contributed by atoms with Crippen molar-refractivity contribution in [3.8, 4) is 0 Å². The molecule has 1 saturated heterocycles. The highest BCUT2D eigenvalue weighted by Crippen LogP contribution is 2.23. The van der Waals surface area contributed by atoms with Gasteiger partial charge >= 0.3 is 0 Å².